The summed E-state index contributed by atoms with van der Waals surface area (Å²) in [5.41, 5.74) is 1.26. The van der Waals surface area contributed by atoms with Crippen LogP contribution in [-0.2, 0) is 4.74 Å². The van der Waals surface area contributed by atoms with E-state index in [2.05, 4.69) is 19.9 Å². The van der Waals surface area contributed by atoms with Gasteiger partial charge in [-0.15, -0.1) is 0 Å². The Labute approximate surface area is 158 Å². The molecule has 26 heavy (non-hydrogen) atoms. The monoisotopic (exact) mass is 357 g/mol. The third-order valence-corrected chi connectivity index (χ3v) is 9.41. The van der Waals surface area contributed by atoms with Crippen LogP contribution in [0.2, 0.25) is 0 Å². The smallest absolute Gasteiger partial charge is 0.0911 e. The number of ether oxygens (including phenoxy) is 1. The van der Waals surface area contributed by atoms with Crippen LogP contribution in [0, 0.1) is 45.8 Å². The number of nitriles is 1. The summed E-state index contributed by atoms with van der Waals surface area (Å²) < 4.78 is 5.76. The summed E-state index contributed by atoms with van der Waals surface area (Å²) in [4.78, 5) is 0. The maximum atomic E-state index is 10.9. The van der Waals surface area contributed by atoms with Crippen LogP contribution < -0.4 is 0 Å². The molecule has 0 bridgehead atoms. The van der Waals surface area contributed by atoms with Crippen LogP contribution in [0.4, 0.5) is 0 Å². The molecule has 3 nitrogen and oxygen atoms in total. The number of allylic oxidation sites excluding steroid dienone is 2. The standard InChI is InChI=1S/C23H35NO2/c1-21-11-9-19-17(18(21)8-6-15(21)10-12-24)7-5-16-13-23(3,25)20(26-4)14-22(16,19)2/h10,16-20,25H,5-9,11,13-14H2,1-4H3/b15-10-/t16-,17-,18-,19-,20-,21+,22-,23-/m0/s1. The quantitative estimate of drug-likeness (QED) is 0.682. The Kier molecular flexibility index (Phi) is 4.33. The fourth-order valence-corrected chi connectivity index (χ4v) is 7.94. The van der Waals surface area contributed by atoms with E-state index in [9.17, 15) is 10.4 Å². The fourth-order valence-electron chi connectivity index (χ4n) is 7.94. The third-order valence-electron chi connectivity index (χ3n) is 9.41. The lowest BCUT2D eigenvalue weighted by atomic mass is 9.44. The fraction of sp³-hybridized carbons (Fsp3) is 0.870. The van der Waals surface area contributed by atoms with E-state index >= 15 is 0 Å². The lowest BCUT2D eigenvalue weighted by Gasteiger charge is -2.62. The van der Waals surface area contributed by atoms with E-state index < -0.39 is 5.60 Å². The molecule has 4 aliphatic carbocycles. The minimum absolute atomic E-state index is 0.0477. The van der Waals surface area contributed by atoms with Crippen LogP contribution in [0.5, 0.6) is 0 Å². The highest BCUT2D eigenvalue weighted by atomic mass is 16.5. The largest absolute Gasteiger partial charge is 0.387 e. The highest BCUT2D eigenvalue weighted by molar-refractivity contribution is 5.28. The van der Waals surface area contributed by atoms with E-state index in [0.717, 1.165) is 37.0 Å². The summed E-state index contributed by atoms with van der Waals surface area (Å²) in [5.74, 6) is 2.88. The predicted molar refractivity (Wildman–Crippen MR) is 102 cm³/mol. The van der Waals surface area contributed by atoms with Crippen molar-refractivity contribution in [2.24, 2.45) is 34.5 Å². The molecule has 0 aromatic carbocycles. The average molecular weight is 358 g/mol. The molecule has 4 aliphatic rings. The van der Waals surface area contributed by atoms with E-state index in [4.69, 9.17) is 4.74 Å². The molecule has 4 fully saturated rings. The van der Waals surface area contributed by atoms with Crippen molar-refractivity contribution in [3.63, 3.8) is 0 Å². The molecule has 0 unspecified atom stereocenters. The zero-order chi connectivity index (χ0) is 18.7. The first-order valence-corrected chi connectivity index (χ1v) is 10.6. The van der Waals surface area contributed by atoms with E-state index in [0.29, 0.717) is 5.92 Å². The summed E-state index contributed by atoms with van der Waals surface area (Å²) in [6.45, 7) is 6.90. The molecule has 0 aliphatic heterocycles. The van der Waals surface area contributed by atoms with Crippen molar-refractivity contribution in [2.75, 3.05) is 7.11 Å². The van der Waals surface area contributed by atoms with Gasteiger partial charge in [0.1, 0.15) is 0 Å². The van der Waals surface area contributed by atoms with Gasteiger partial charge in [-0.1, -0.05) is 19.4 Å². The van der Waals surface area contributed by atoms with Crippen molar-refractivity contribution in [2.45, 2.75) is 83.8 Å². The highest BCUT2D eigenvalue weighted by Gasteiger charge is 2.61. The molecule has 4 saturated carbocycles. The number of aliphatic hydroxyl groups is 1. The van der Waals surface area contributed by atoms with Gasteiger partial charge >= 0.3 is 0 Å². The lowest BCUT2D eigenvalue weighted by Crippen LogP contribution is -2.59. The normalized spacial score (nSPS) is 54.9. The van der Waals surface area contributed by atoms with E-state index in [1.165, 1.54) is 37.7 Å². The Bertz CT molecular complexity index is 647. The number of hydrogen-bond acceptors (Lipinski definition) is 3. The SMILES string of the molecule is CO[C@H]1C[C@@]2(C)[C@@H](CC[C@@H]3[C@@H]2CC[C@]2(C)/C(=C\C#N)CC[C@@H]32)C[C@]1(C)O. The second-order valence-corrected chi connectivity index (χ2v) is 10.4. The van der Waals surface area contributed by atoms with Crippen LogP contribution in [0.3, 0.4) is 0 Å². The van der Waals surface area contributed by atoms with Crippen molar-refractivity contribution in [1.82, 2.24) is 0 Å². The van der Waals surface area contributed by atoms with Crippen molar-refractivity contribution in [3.05, 3.63) is 11.6 Å². The van der Waals surface area contributed by atoms with Crippen LogP contribution in [0.1, 0.15) is 72.1 Å². The van der Waals surface area contributed by atoms with E-state index in [-0.39, 0.29) is 16.9 Å². The predicted octanol–water partition coefficient (Wildman–Crippen LogP) is 4.85. The molecule has 3 heteroatoms. The van der Waals surface area contributed by atoms with Gasteiger partial charge in [0, 0.05) is 13.2 Å². The Morgan fingerprint density at radius 1 is 1.12 bits per heavy atom. The van der Waals surface area contributed by atoms with Crippen LogP contribution in [-0.4, -0.2) is 23.9 Å². The molecule has 0 spiro atoms. The van der Waals surface area contributed by atoms with Crippen LogP contribution in [0.15, 0.2) is 11.6 Å². The molecule has 8 atom stereocenters. The second-order valence-electron chi connectivity index (χ2n) is 10.4. The van der Waals surface area contributed by atoms with Gasteiger partial charge in [-0.2, -0.15) is 5.26 Å². The summed E-state index contributed by atoms with van der Waals surface area (Å²) >= 11 is 0. The summed E-state index contributed by atoms with van der Waals surface area (Å²) in [6, 6.07) is 2.31. The molecule has 0 aromatic heterocycles. The molecule has 1 N–H and O–H groups in total. The summed E-state index contributed by atoms with van der Waals surface area (Å²) in [7, 11) is 1.76. The average Bonchev–Trinajstić information content (AvgIpc) is 2.92. The number of rotatable bonds is 1. The molecule has 4 rings (SSSR count). The van der Waals surface area contributed by atoms with Crippen molar-refractivity contribution >= 4 is 0 Å². The first kappa shape index (κ1) is 18.5. The number of methoxy groups -OCH3 is 1. The Balaban J connectivity index is 1.64. The van der Waals surface area contributed by atoms with Crippen molar-refractivity contribution in [3.8, 4) is 6.07 Å². The van der Waals surface area contributed by atoms with Gasteiger partial charge in [-0.3, -0.25) is 0 Å². The Morgan fingerprint density at radius 2 is 1.88 bits per heavy atom. The van der Waals surface area contributed by atoms with Crippen molar-refractivity contribution < 1.29 is 9.84 Å². The number of fused-ring (bicyclic) bond motifs is 5. The minimum atomic E-state index is -0.689. The zero-order valence-electron chi connectivity index (χ0n) is 16.9. The third kappa shape index (κ3) is 2.45. The molecule has 0 saturated heterocycles. The van der Waals surface area contributed by atoms with Gasteiger partial charge in [-0.25, -0.2) is 0 Å². The van der Waals surface area contributed by atoms with Gasteiger partial charge in [0.15, 0.2) is 0 Å². The Morgan fingerprint density at radius 3 is 2.58 bits per heavy atom. The molecule has 144 valence electrons. The van der Waals surface area contributed by atoms with Gasteiger partial charge in [-0.05, 0) is 92.8 Å². The first-order valence-electron chi connectivity index (χ1n) is 10.6. The van der Waals surface area contributed by atoms with Gasteiger partial charge in [0.05, 0.1) is 17.8 Å². The minimum Gasteiger partial charge on any atom is -0.387 e. The van der Waals surface area contributed by atoms with Crippen molar-refractivity contribution in [1.29, 1.82) is 5.26 Å². The number of hydrogen-bond donors (Lipinski definition) is 1. The summed E-state index contributed by atoms with van der Waals surface area (Å²) in [6.07, 6.45) is 11.1. The molecule has 0 amide bonds. The van der Waals surface area contributed by atoms with Crippen LogP contribution >= 0.6 is 0 Å². The maximum Gasteiger partial charge on any atom is 0.0911 e. The molecular weight excluding hydrogens is 322 g/mol. The van der Waals surface area contributed by atoms with Crippen LogP contribution in [0.25, 0.3) is 0 Å². The molecule has 0 radical (unpaired) electrons. The lowest BCUT2D eigenvalue weighted by molar-refractivity contribution is -0.195. The topological polar surface area (TPSA) is 53.2 Å². The van der Waals surface area contributed by atoms with Gasteiger partial charge in [0.25, 0.3) is 0 Å². The highest BCUT2D eigenvalue weighted by Crippen LogP contribution is 2.68. The van der Waals surface area contributed by atoms with E-state index in [1.54, 1.807) is 7.11 Å². The summed E-state index contributed by atoms with van der Waals surface area (Å²) in [5, 5.41) is 20.1. The number of nitrogens with zero attached hydrogens (tertiary/aromatic N) is 1. The first-order chi connectivity index (χ1) is 12.3. The van der Waals surface area contributed by atoms with E-state index in [1.807, 2.05) is 13.0 Å². The van der Waals surface area contributed by atoms with Gasteiger partial charge in [0.2, 0.25) is 0 Å². The molecule has 0 aromatic rings. The Hall–Kier alpha value is -0.850. The maximum absolute atomic E-state index is 10.9. The molecule has 0 heterocycles. The van der Waals surface area contributed by atoms with Gasteiger partial charge < -0.3 is 9.84 Å². The second kappa shape index (κ2) is 6.08. The zero-order valence-corrected chi connectivity index (χ0v) is 16.9. The molecular formula is C23H35NO2.